The summed E-state index contributed by atoms with van der Waals surface area (Å²) in [6, 6.07) is 8.44. The van der Waals surface area contributed by atoms with Gasteiger partial charge in [0.2, 0.25) is 0 Å². The molecule has 2 aromatic rings. The molecule has 1 atom stereocenters. The number of rotatable bonds is 6. The molecule has 1 heterocycles. The van der Waals surface area contributed by atoms with Crippen molar-refractivity contribution in [2.24, 2.45) is 0 Å². The summed E-state index contributed by atoms with van der Waals surface area (Å²) in [7, 11) is 1.69. The lowest BCUT2D eigenvalue weighted by Crippen LogP contribution is -2.21. The first-order valence-corrected chi connectivity index (χ1v) is 6.15. The van der Waals surface area contributed by atoms with Crippen molar-refractivity contribution in [2.45, 2.75) is 19.4 Å². The maximum absolute atomic E-state index is 5.23. The van der Waals surface area contributed by atoms with Gasteiger partial charge in [-0.15, -0.1) is 0 Å². The molecule has 0 aliphatic heterocycles. The first-order chi connectivity index (χ1) is 8.79. The predicted octanol–water partition coefficient (Wildman–Crippen LogP) is 2.31. The number of benzene rings is 1. The summed E-state index contributed by atoms with van der Waals surface area (Å²) in [5.41, 5.74) is 1.23. The molecule has 1 aromatic carbocycles. The van der Waals surface area contributed by atoms with Crippen LogP contribution < -0.4 is 10.1 Å². The van der Waals surface area contributed by atoms with Gasteiger partial charge in [0.15, 0.2) is 0 Å². The first-order valence-electron chi connectivity index (χ1n) is 6.15. The number of methoxy groups -OCH3 is 1. The topological polar surface area (TPSA) is 49.9 Å². The van der Waals surface area contributed by atoms with Gasteiger partial charge in [-0.05, 0) is 24.6 Å². The summed E-state index contributed by atoms with van der Waals surface area (Å²) in [5.74, 6) is 1.91. The fourth-order valence-electron chi connectivity index (χ4n) is 1.87. The molecule has 4 nitrogen and oxygen atoms in total. The first kappa shape index (κ1) is 12.6. The van der Waals surface area contributed by atoms with E-state index in [0.29, 0.717) is 6.04 Å². The van der Waals surface area contributed by atoms with E-state index in [0.717, 1.165) is 24.5 Å². The molecule has 0 aliphatic carbocycles. The van der Waals surface area contributed by atoms with Crippen LogP contribution in [0, 0.1) is 0 Å². The summed E-state index contributed by atoms with van der Waals surface area (Å²) in [4.78, 5) is 7.30. The second kappa shape index (κ2) is 6.21. The van der Waals surface area contributed by atoms with Crippen LogP contribution in [0.2, 0.25) is 0 Å². The monoisotopic (exact) mass is 245 g/mol. The van der Waals surface area contributed by atoms with Crippen molar-refractivity contribution >= 4 is 0 Å². The average Bonchev–Trinajstić information content (AvgIpc) is 2.92. The lowest BCUT2D eigenvalue weighted by atomic mass is 10.1. The van der Waals surface area contributed by atoms with E-state index in [1.165, 1.54) is 5.56 Å². The Kier molecular flexibility index (Phi) is 4.36. The Morgan fingerprint density at radius 1 is 1.44 bits per heavy atom. The zero-order valence-corrected chi connectivity index (χ0v) is 10.8. The minimum absolute atomic E-state index is 0.301. The van der Waals surface area contributed by atoms with Crippen LogP contribution in [-0.4, -0.2) is 23.6 Å². The molecular weight excluding hydrogens is 226 g/mol. The molecule has 2 rings (SSSR count). The van der Waals surface area contributed by atoms with Crippen LogP contribution in [0.4, 0.5) is 0 Å². The Balaban J connectivity index is 1.85. The molecule has 0 saturated heterocycles. The molecule has 4 heteroatoms. The van der Waals surface area contributed by atoms with Crippen molar-refractivity contribution in [3.05, 3.63) is 48.0 Å². The average molecular weight is 245 g/mol. The molecule has 0 fully saturated rings. The van der Waals surface area contributed by atoms with Crippen molar-refractivity contribution in [1.82, 2.24) is 15.3 Å². The van der Waals surface area contributed by atoms with Crippen molar-refractivity contribution in [3.63, 3.8) is 0 Å². The quantitative estimate of drug-likeness (QED) is 0.821. The number of aromatic amines is 1. The summed E-state index contributed by atoms with van der Waals surface area (Å²) in [6.45, 7) is 3.04. The minimum atomic E-state index is 0.301. The number of nitrogens with zero attached hydrogens (tertiary/aromatic N) is 1. The molecule has 96 valence electrons. The molecule has 0 aliphatic rings. The van der Waals surface area contributed by atoms with Crippen LogP contribution >= 0.6 is 0 Å². The highest BCUT2D eigenvalue weighted by atomic mass is 16.5. The third-order valence-corrected chi connectivity index (χ3v) is 2.96. The third-order valence-electron chi connectivity index (χ3n) is 2.96. The summed E-state index contributed by atoms with van der Waals surface area (Å²) >= 11 is 0. The van der Waals surface area contributed by atoms with Crippen LogP contribution in [0.3, 0.4) is 0 Å². The SMILES string of the molecule is COc1cccc(C(C)NCCc2ncc[nH]2)c1. The van der Waals surface area contributed by atoms with E-state index in [1.807, 2.05) is 18.3 Å². The highest BCUT2D eigenvalue weighted by molar-refractivity contribution is 5.30. The molecule has 0 amide bonds. The number of imidazole rings is 1. The van der Waals surface area contributed by atoms with Gasteiger partial charge in [-0.25, -0.2) is 4.98 Å². The summed E-state index contributed by atoms with van der Waals surface area (Å²) in [6.07, 6.45) is 4.53. The molecule has 1 aromatic heterocycles. The Hall–Kier alpha value is -1.81. The minimum Gasteiger partial charge on any atom is -0.497 e. The Labute approximate surface area is 107 Å². The zero-order valence-electron chi connectivity index (χ0n) is 10.8. The number of H-pyrrole nitrogens is 1. The van der Waals surface area contributed by atoms with Gasteiger partial charge in [-0.2, -0.15) is 0 Å². The van der Waals surface area contributed by atoms with Crippen LogP contribution in [0.5, 0.6) is 5.75 Å². The normalized spacial score (nSPS) is 12.3. The summed E-state index contributed by atoms with van der Waals surface area (Å²) in [5, 5.41) is 3.47. The molecule has 0 spiro atoms. The lowest BCUT2D eigenvalue weighted by Gasteiger charge is -2.14. The van der Waals surface area contributed by atoms with E-state index >= 15 is 0 Å². The van der Waals surface area contributed by atoms with E-state index in [4.69, 9.17) is 4.74 Å². The van der Waals surface area contributed by atoms with Gasteiger partial charge in [-0.1, -0.05) is 12.1 Å². The number of aromatic nitrogens is 2. The van der Waals surface area contributed by atoms with E-state index in [9.17, 15) is 0 Å². The van der Waals surface area contributed by atoms with Gasteiger partial charge in [0.05, 0.1) is 7.11 Å². The second-order valence-corrected chi connectivity index (χ2v) is 4.24. The number of hydrogen-bond donors (Lipinski definition) is 2. The maximum atomic E-state index is 5.23. The van der Waals surface area contributed by atoms with E-state index in [2.05, 4.69) is 34.3 Å². The summed E-state index contributed by atoms with van der Waals surface area (Å²) < 4.78 is 5.23. The van der Waals surface area contributed by atoms with Gasteiger partial charge in [0.25, 0.3) is 0 Å². The maximum Gasteiger partial charge on any atom is 0.119 e. The number of nitrogens with one attached hydrogen (secondary N) is 2. The smallest absolute Gasteiger partial charge is 0.119 e. The van der Waals surface area contributed by atoms with Crippen LogP contribution in [-0.2, 0) is 6.42 Å². The highest BCUT2D eigenvalue weighted by Crippen LogP contribution is 2.18. The second-order valence-electron chi connectivity index (χ2n) is 4.24. The molecule has 0 saturated carbocycles. The van der Waals surface area contributed by atoms with Crippen molar-refractivity contribution in [1.29, 1.82) is 0 Å². The standard InChI is InChI=1S/C14H19N3O/c1-11(12-4-3-5-13(10-12)18-2)15-7-6-14-16-8-9-17-14/h3-5,8-11,15H,6-7H2,1-2H3,(H,16,17). The zero-order chi connectivity index (χ0) is 12.8. The molecular formula is C14H19N3O. The van der Waals surface area contributed by atoms with Gasteiger partial charge in [0, 0.05) is 31.4 Å². The molecule has 0 radical (unpaired) electrons. The lowest BCUT2D eigenvalue weighted by molar-refractivity contribution is 0.413. The van der Waals surface area contributed by atoms with Gasteiger partial charge in [-0.3, -0.25) is 0 Å². The number of hydrogen-bond acceptors (Lipinski definition) is 3. The Morgan fingerprint density at radius 3 is 3.06 bits per heavy atom. The predicted molar refractivity (Wildman–Crippen MR) is 71.7 cm³/mol. The van der Waals surface area contributed by atoms with Crippen molar-refractivity contribution in [2.75, 3.05) is 13.7 Å². The van der Waals surface area contributed by atoms with Gasteiger partial charge < -0.3 is 15.0 Å². The van der Waals surface area contributed by atoms with Crippen molar-refractivity contribution < 1.29 is 4.74 Å². The Bertz CT molecular complexity index is 468. The van der Waals surface area contributed by atoms with Crippen LogP contribution in [0.15, 0.2) is 36.7 Å². The van der Waals surface area contributed by atoms with Crippen molar-refractivity contribution in [3.8, 4) is 5.75 Å². The highest BCUT2D eigenvalue weighted by Gasteiger charge is 2.05. The molecule has 2 N–H and O–H groups in total. The van der Waals surface area contributed by atoms with E-state index < -0.39 is 0 Å². The Morgan fingerprint density at radius 2 is 2.33 bits per heavy atom. The molecule has 0 bridgehead atoms. The van der Waals surface area contributed by atoms with Crippen LogP contribution in [0.1, 0.15) is 24.4 Å². The van der Waals surface area contributed by atoms with E-state index in [-0.39, 0.29) is 0 Å². The van der Waals surface area contributed by atoms with Crippen LogP contribution in [0.25, 0.3) is 0 Å². The third kappa shape index (κ3) is 3.34. The fraction of sp³-hybridized carbons (Fsp3) is 0.357. The molecule has 18 heavy (non-hydrogen) atoms. The van der Waals surface area contributed by atoms with Gasteiger partial charge >= 0.3 is 0 Å². The largest absolute Gasteiger partial charge is 0.497 e. The fourth-order valence-corrected chi connectivity index (χ4v) is 1.87. The van der Waals surface area contributed by atoms with Gasteiger partial charge in [0.1, 0.15) is 11.6 Å². The molecule has 1 unspecified atom stereocenters. The number of ether oxygens (including phenoxy) is 1. The van der Waals surface area contributed by atoms with E-state index in [1.54, 1.807) is 13.3 Å².